The molecule has 0 atom stereocenters. The lowest BCUT2D eigenvalue weighted by Gasteiger charge is -2.30. The van der Waals surface area contributed by atoms with Crippen molar-refractivity contribution in [3.05, 3.63) is 53.7 Å². The van der Waals surface area contributed by atoms with E-state index in [1.807, 2.05) is 0 Å². The molecular weight excluding hydrogens is 410 g/mol. The predicted molar refractivity (Wildman–Crippen MR) is 107 cm³/mol. The third-order valence-corrected chi connectivity index (χ3v) is 5.13. The molecule has 0 unspecified atom stereocenters. The zero-order valence-electron chi connectivity index (χ0n) is 16.8. The first-order chi connectivity index (χ1) is 14.9. The van der Waals surface area contributed by atoms with Crippen LogP contribution in [0.15, 0.2) is 36.7 Å². The third kappa shape index (κ3) is 4.35. The summed E-state index contributed by atoms with van der Waals surface area (Å²) in [4.78, 5) is 20.9. The molecule has 1 saturated heterocycles. The Bertz CT molecular complexity index is 1100. The molecule has 1 fully saturated rings. The van der Waals surface area contributed by atoms with Crippen molar-refractivity contribution in [3.63, 3.8) is 0 Å². The molecule has 0 spiro atoms. The number of nitrogens with zero attached hydrogens (tertiary/aromatic N) is 3. The average Bonchev–Trinajstić information content (AvgIpc) is 3.18. The standard InChI is InChI=1S/C21H22F2N4O4/c1-2-31-16-10-18-26-17(21(29)6-8-30-9-7-21)12-27(18)11-15(16)25-20(28)14-5-3-4-13(24-14)19(22)23/h3-5,10-12,19,29H,2,6-9H2,1H3,(H,25,28). The van der Waals surface area contributed by atoms with Gasteiger partial charge in [0.2, 0.25) is 0 Å². The van der Waals surface area contributed by atoms with E-state index in [9.17, 15) is 18.7 Å². The Kier molecular flexibility index (Phi) is 5.84. The summed E-state index contributed by atoms with van der Waals surface area (Å²) in [6, 6.07) is 5.52. The molecule has 0 aliphatic carbocycles. The lowest BCUT2D eigenvalue weighted by Crippen LogP contribution is -2.33. The highest BCUT2D eigenvalue weighted by molar-refractivity contribution is 6.03. The van der Waals surface area contributed by atoms with Gasteiger partial charge in [-0.3, -0.25) is 4.79 Å². The van der Waals surface area contributed by atoms with E-state index in [0.29, 0.717) is 55.4 Å². The van der Waals surface area contributed by atoms with Gasteiger partial charge in [0.25, 0.3) is 12.3 Å². The molecular formula is C21H22F2N4O4. The monoisotopic (exact) mass is 432 g/mol. The molecule has 2 N–H and O–H groups in total. The number of fused-ring (bicyclic) bond motifs is 1. The Morgan fingerprint density at radius 3 is 2.81 bits per heavy atom. The summed E-state index contributed by atoms with van der Waals surface area (Å²) in [5.74, 6) is -0.282. The van der Waals surface area contributed by atoms with Gasteiger partial charge in [-0.05, 0) is 19.1 Å². The highest BCUT2D eigenvalue weighted by atomic mass is 19.3. The Morgan fingerprint density at radius 2 is 2.10 bits per heavy atom. The smallest absolute Gasteiger partial charge is 0.280 e. The Hall–Kier alpha value is -3.11. The number of hydrogen-bond acceptors (Lipinski definition) is 6. The van der Waals surface area contributed by atoms with Crippen molar-refractivity contribution in [2.24, 2.45) is 0 Å². The van der Waals surface area contributed by atoms with Gasteiger partial charge in [0, 0.05) is 44.5 Å². The van der Waals surface area contributed by atoms with E-state index in [4.69, 9.17) is 9.47 Å². The molecule has 0 aromatic carbocycles. The number of rotatable bonds is 6. The first-order valence-electron chi connectivity index (χ1n) is 9.92. The number of ether oxygens (including phenoxy) is 2. The number of carbonyl (C=O) groups excluding carboxylic acids is 1. The highest BCUT2D eigenvalue weighted by Crippen LogP contribution is 2.33. The molecule has 164 valence electrons. The predicted octanol–water partition coefficient (Wildman–Crippen LogP) is 3.32. The summed E-state index contributed by atoms with van der Waals surface area (Å²) >= 11 is 0. The number of imidazole rings is 1. The fourth-order valence-electron chi connectivity index (χ4n) is 3.46. The SMILES string of the molecule is CCOc1cc2nc(C3(O)CCOCC3)cn2cc1NC(=O)c1cccc(C(F)F)n1. The summed E-state index contributed by atoms with van der Waals surface area (Å²) in [5.41, 5.74) is -0.326. The van der Waals surface area contributed by atoms with Crippen LogP contribution in [0.25, 0.3) is 5.65 Å². The zero-order chi connectivity index (χ0) is 22.0. The maximum Gasteiger partial charge on any atom is 0.280 e. The van der Waals surface area contributed by atoms with Crippen LogP contribution in [0.4, 0.5) is 14.5 Å². The summed E-state index contributed by atoms with van der Waals surface area (Å²) in [7, 11) is 0. The van der Waals surface area contributed by atoms with Crippen LogP contribution in [0.2, 0.25) is 0 Å². The number of aromatic nitrogens is 3. The third-order valence-electron chi connectivity index (χ3n) is 5.13. The number of amides is 1. The Labute approximate surface area is 176 Å². The van der Waals surface area contributed by atoms with Gasteiger partial charge >= 0.3 is 0 Å². The zero-order valence-corrected chi connectivity index (χ0v) is 16.8. The van der Waals surface area contributed by atoms with Crippen molar-refractivity contribution in [1.29, 1.82) is 0 Å². The van der Waals surface area contributed by atoms with Gasteiger partial charge in [-0.2, -0.15) is 0 Å². The van der Waals surface area contributed by atoms with Crippen LogP contribution in [0.1, 0.15) is 48.1 Å². The molecule has 31 heavy (non-hydrogen) atoms. The summed E-state index contributed by atoms with van der Waals surface area (Å²) in [6.45, 7) is 3.03. The molecule has 10 heteroatoms. The molecule has 1 amide bonds. The normalized spacial score (nSPS) is 15.9. The second-order valence-electron chi connectivity index (χ2n) is 7.22. The Morgan fingerprint density at radius 1 is 1.32 bits per heavy atom. The maximum absolute atomic E-state index is 12.9. The lowest BCUT2D eigenvalue weighted by molar-refractivity contribution is -0.0702. The van der Waals surface area contributed by atoms with Gasteiger partial charge in [0.05, 0.1) is 12.3 Å². The minimum absolute atomic E-state index is 0.136. The molecule has 0 radical (unpaired) electrons. The van der Waals surface area contributed by atoms with E-state index in [0.717, 1.165) is 6.07 Å². The molecule has 4 heterocycles. The molecule has 0 bridgehead atoms. The number of hydrogen-bond donors (Lipinski definition) is 2. The molecule has 0 saturated carbocycles. The van der Waals surface area contributed by atoms with Crippen LogP contribution in [0.3, 0.4) is 0 Å². The number of nitrogens with one attached hydrogen (secondary N) is 1. The highest BCUT2D eigenvalue weighted by Gasteiger charge is 2.34. The van der Waals surface area contributed by atoms with Crippen molar-refractivity contribution in [2.45, 2.75) is 31.8 Å². The fourth-order valence-corrected chi connectivity index (χ4v) is 3.46. The maximum atomic E-state index is 12.9. The van der Waals surface area contributed by atoms with Gasteiger partial charge < -0.3 is 24.3 Å². The van der Waals surface area contributed by atoms with E-state index in [-0.39, 0.29) is 5.69 Å². The number of pyridine rings is 2. The van der Waals surface area contributed by atoms with Crippen molar-refractivity contribution in [2.75, 3.05) is 25.1 Å². The van der Waals surface area contributed by atoms with Crippen LogP contribution in [-0.4, -0.2) is 45.2 Å². The van der Waals surface area contributed by atoms with Crippen molar-refractivity contribution in [3.8, 4) is 5.75 Å². The summed E-state index contributed by atoms with van der Waals surface area (Å²) in [6.07, 6.45) is 1.40. The van der Waals surface area contributed by atoms with Gasteiger partial charge in [-0.1, -0.05) is 6.07 Å². The quantitative estimate of drug-likeness (QED) is 0.620. The van der Waals surface area contributed by atoms with E-state index in [1.165, 1.54) is 12.1 Å². The second kappa shape index (κ2) is 8.56. The number of anilines is 1. The topological polar surface area (TPSA) is 98.0 Å². The lowest BCUT2D eigenvalue weighted by atomic mass is 9.91. The number of halogens is 2. The van der Waals surface area contributed by atoms with Crippen LogP contribution in [-0.2, 0) is 10.3 Å². The number of carbonyl (C=O) groups is 1. The van der Waals surface area contributed by atoms with E-state index in [2.05, 4.69) is 15.3 Å². The summed E-state index contributed by atoms with van der Waals surface area (Å²) in [5, 5.41) is 13.6. The molecule has 4 rings (SSSR count). The first kappa shape index (κ1) is 21.1. The largest absolute Gasteiger partial charge is 0.491 e. The number of aliphatic hydroxyl groups is 1. The van der Waals surface area contributed by atoms with Crippen LogP contribution in [0, 0.1) is 0 Å². The van der Waals surface area contributed by atoms with Crippen molar-refractivity contribution >= 4 is 17.2 Å². The van der Waals surface area contributed by atoms with E-state index in [1.54, 1.807) is 29.8 Å². The van der Waals surface area contributed by atoms with Crippen molar-refractivity contribution < 1.29 is 28.2 Å². The Balaban J connectivity index is 1.67. The minimum Gasteiger partial charge on any atom is -0.491 e. The number of alkyl halides is 2. The van der Waals surface area contributed by atoms with Gasteiger partial charge in [0.1, 0.15) is 34.1 Å². The molecule has 3 aromatic rings. The molecule has 1 aliphatic rings. The van der Waals surface area contributed by atoms with Crippen LogP contribution >= 0.6 is 0 Å². The summed E-state index contributed by atoms with van der Waals surface area (Å²) < 4.78 is 38.4. The average molecular weight is 432 g/mol. The van der Waals surface area contributed by atoms with Gasteiger partial charge in [-0.15, -0.1) is 0 Å². The van der Waals surface area contributed by atoms with E-state index < -0.39 is 23.6 Å². The molecule has 3 aromatic heterocycles. The minimum atomic E-state index is -2.77. The van der Waals surface area contributed by atoms with Crippen LogP contribution in [0.5, 0.6) is 5.75 Å². The van der Waals surface area contributed by atoms with Gasteiger partial charge in [-0.25, -0.2) is 18.7 Å². The van der Waals surface area contributed by atoms with E-state index >= 15 is 0 Å². The van der Waals surface area contributed by atoms with Crippen LogP contribution < -0.4 is 10.1 Å². The first-order valence-corrected chi connectivity index (χ1v) is 9.92. The van der Waals surface area contributed by atoms with Crippen molar-refractivity contribution in [1.82, 2.24) is 14.4 Å². The fraction of sp³-hybridized carbons (Fsp3) is 0.381. The molecule has 8 nitrogen and oxygen atoms in total. The second-order valence-corrected chi connectivity index (χ2v) is 7.22. The van der Waals surface area contributed by atoms with Gasteiger partial charge in [0.15, 0.2) is 0 Å². The molecule has 1 aliphatic heterocycles.